The van der Waals surface area contributed by atoms with Crippen LogP contribution in [0.4, 0.5) is 5.95 Å². The molecule has 4 rings (SSSR count). The lowest BCUT2D eigenvalue weighted by Gasteiger charge is -2.17. The van der Waals surface area contributed by atoms with E-state index in [-0.39, 0.29) is 17.4 Å². The monoisotopic (exact) mass is 356 g/mol. The van der Waals surface area contributed by atoms with Crippen LogP contribution in [0, 0.1) is 0 Å². The number of H-pyrrole nitrogens is 1. The molecule has 2 aromatic rings. The van der Waals surface area contributed by atoms with Gasteiger partial charge in [0.25, 0.3) is 11.5 Å². The first kappa shape index (κ1) is 16.8. The molecule has 8 heteroatoms. The summed E-state index contributed by atoms with van der Waals surface area (Å²) < 4.78 is 1.83. The predicted molar refractivity (Wildman–Crippen MR) is 97.6 cm³/mol. The summed E-state index contributed by atoms with van der Waals surface area (Å²) in [4.78, 5) is 35.9. The molecule has 0 spiro atoms. The van der Waals surface area contributed by atoms with E-state index in [4.69, 9.17) is 0 Å². The first-order chi connectivity index (χ1) is 12.4. The quantitative estimate of drug-likeness (QED) is 0.886. The second-order valence-electron chi connectivity index (χ2n) is 7.47. The molecular formula is C18H24N6O2. The van der Waals surface area contributed by atoms with Crippen molar-refractivity contribution in [1.29, 1.82) is 0 Å². The highest BCUT2D eigenvalue weighted by atomic mass is 16.2. The third-order valence-electron chi connectivity index (χ3n) is 5.25. The Morgan fingerprint density at radius 1 is 1.27 bits per heavy atom. The van der Waals surface area contributed by atoms with E-state index >= 15 is 0 Å². The zero-order chi connectivity index (χ0) is 18.4. The molecule has 3 heterocycles. The molecule has 2 fully saturated rings. The van der Waals surface area contributed by atoms with Gasteiger partial charge in [0.1, 0.15) is 0 Å². The number of hydrogen-bond donors (Lipinski definition) is 1. The van der Waals surface area contributed by atoms with Crippen LogP contribution in [0.1, 0.15) is 52.8 Å². The van der Waals surface area contributed by atoms with Crippen LogP contribution in [-0.4, -0.2) is 57.7 Å². The van der Waals surface area contributed by atoms with Gasteiger partial charge in [0.2, 0.25) is 5.95 Å². The van der Waals surface area contributed by atoms with E-state index in [0.717, 1.165) is 36.2 Å². The van der Waals surface area contributed by atoms with Crippen LogP contribution in [0.15, 0.2) is 17.1 Å². The largest absolute Gasteiger partial charge is 0.348 e. The van der Waals surface area contributed by atoms with Crippen LogP contribution in [0.2, 0.25) is 0 Å². The van der Waals surface area contributed by atoms with Crippen LogP contribution in [0.3, 0.4) is 0 Å². The number of nitrogens with zero attached hydrogens (tertiary/aromatic N) is 5. The Bertz CT molecular complexity index is 895. The molecule has 0 aromatic carbocycles. The molecule has 0 radical (unpaired) electrons. The minimum absolute atomic E-state index is 0.0418. The molecule has 138 valence electrons. The van der Waals surface area contributed by atoms with Crippen molar-refractivity contribution < 1.29 is 4.79 Å². The fourth-order valence-electron chi connectivity index (χ4n) is 3.69. The summed E-state index contributed by atoms with van der Waals surface area (Å²) in [6, 6.07) is 1.55. The first-order valence-corrected chi connectivity index (χ1v) is 9.03. The number of carbonyl (C=O) groups is 1. The second-order valence-corrected chi connectivity index (χ2v) is 7.47. The normalized spacial score (nSPS) is 19.8. The van der Waals surface area contributed by atoms with Crippen molar-refractivity contribution in [2.75, 3.05) is 32.1 Å². The Hall–Kier alpha value is -2.64. The van der Waals surface area contributed by atoms with Gasteiger partial charge in [-0.1, -0.05) is 0 Å². The first-order valence-electron chi connectivity index (χ1n) is 9.03. The number of aromatic nitrogens is 4. The van der Waals surface area contributed by atoms with Gasteiger partial charge in [0.05, 0.1) is 23.1 Å². The van der Waals surface area contributed by atoms with Crippen LogP contribution < -0.4 is 10.5 Å². The molecule has 0 bridgehead atoms. The maximum Gasteiger partial charge on any atom is 0.257 e. The van der Waals surface area contributed by atoms with Gasteiger partial charge in [-0.2, -0.15) is 5.10 Å². The highest BCUT2D eigenvalue weighted by molar-refractivity contribution is 5.95. The van der Waals surface area contributed by atoms with Crippen molar-refractivity contribution in [3.8, 4) is 0 Å². The summed E-state index contributed by atoms with van der Waals surface area (Å²) in [5, 5.41) is 4.30. The Labute approximate surface area is 151 Å². The lowest BCUT2D eigenvalue weighted by atomic mass is 10.0. The van der Waals surface area contributed by atoms with Gasteiger partial charge in [-0.15, -0.1) is 0 Å². The van der Waals surface area contributed by atoms with Crippen molar-refractivity contribution in [1.82, 2.24) is 24.6 Å². The highest BCUT2D eigenvalue weighted by Crippen LogP contribution is 2.42. The summed E-state index contributed by atoms with van der Waals surface area (Å²) in [6.45, 7) is 1.26. The summed E-state index contributed by atoms with van der Waals surface area (Å²) in [5.41, 5.74) is 2.37. The summed E-state index contributed by atoms with van der Waals surface area (Å²) in [5.74, 6) is 1.14. The number of aromatic amines is 1. The second kappa shape index (κ2) is 6.26. The topological polar surface area (TPSA) is 87.1 Å². The molecule has 2 aromatic heterocycles. The standard InChI is InChI=1S/C18H24N6O2/c1-22(2)18-20-14(8-15(25)21-18)12-6-7-24(10-12)17(26)13-9-19-23(3)16(13)11-4-5-11/h8-9,11-12H,4-7,10H2,1-3H3,(H,20,21,25). The van der Waals surface area contributed by atoms with E-state index in [1.807, 2.05) is 30.7 Å². The Morgan fingerprint density at radius 2 is 2.04 bits per heavy atom. The minimum atomic E-state index is -0.160. The van der Waals surface area contributed by atoms with Crippen molar-refractivity contribution in [2.24, 2.45) is 7.05 Å². The molecule has 1 atom stereocenters. The maximum absolute atomic E-state index is 13.0. The fourth-order valence-corrected chi connectivity index (χ4v) is 3.69. The summed E-state index contributed by atoms with van der Waals surface area (Å²) >= 11 is 0. The van der Waals surface area contributed by atoms with E-state index in [2.05, 4.69) is 15.1 Å². The van der Waals surface area contributed by atoms with Crippen LogP contribution in [0.25, 0.3) is 0 Å². The third-order valence-corrected chi connectivity index (χ3v) is 5.25. The molecule has 1 aliphatic heterocycles. The molecule has 8 nitrogen and oxygen atoms in total. The maximum atomic E-state index is 13.0. The zero-order valence-electron chi connectivity index (χ0n) is 15.4. The predicted octanol–water partition coefficient (Wildman–Crippen LogP) is 1.08. The van der Waals surface area contributed by atoms with Gasteiger partial charge in [0, 0.05) is 52.1 Å². The molecule has 1 N–H and O–H groups in total. The smallest absolute Gasteiger partial charge is 0.257 e. The van der Waals surface area contributed by atoms with E-state index in [1.54, 1.807) is 17.2 Å². The number of aryl methyl sites for hydroxylation is 1. The van der Waals surface area contributed by atoms with Crippen molar-refractivity contribution in [3.05, 3.63) is 39.6 Å². The molecular weight excluding hydrogens is 332 g/mol. The van der Waals surface area contributed by atoms with Crippen molar-refractivity contribution >= 4 is 11.9 Å². The third kappa shape index (κ3) is 3.00. The van der Waals surface area contributed by atoms with Crippen LogP contribution in [-0.2, 0) is 7.05 Å². The Kier molecular flexibility index (Phi) is 4.05. The Morgan fingerprint density at radius 3 is 2.73 bits per heavy atom. The number of anilines is 1. The number of amides is 1. The molecule has 1 amide bonds. The Balaban J connectivity index is 1.54. The molecule has 2 aliphatic rings. The molecule has 1 unspecified atom stereocenters. The van der Waals surface area contributed by atoms with Gasteiger partial charge in [-0.05, 0) is 19.3 Å². The number of hydrogen-bond acceptors (Lipinski definition) is 5. The zero-order valence-corrected chi connectivity index (χ0v) is 15.4. The fraction of sp³-hybridized carbons (Fsp3) is 0.556. The summed E-state index contributed by atoms with van der Waals surface area (Å²) in [7, 11) is 5.59. The SMILES string of the molecule is CN(C)c1nc(C2CCN(C(=O)c3cnn(C)c3C3CC3)C2)cc(=O)[nH]1. The average Bonchev–Trinajstić information content (AvgIpc) is 3.17. The van der Waals surface area contributed by atoms with Crippen molar-refractivity contribution in [2.45, 2.75) is 31.1 Å². The number of carbonyl (C=O) groups excluding carboxylic acids is 1. The number of rotatable bonds is 4. The van der Waals surface area contributed by atoms with Crippen LogP contribution in [0.5, 0.6) is 0 Å². The lowest BCUT2D eigenvalue weighted by molar-refractivity contribution is 0.0789. The van der Waals surface area contributed by atoms with Gasteiger partial charge in [-0.3, -0.25) is 19.3 Å². The molecule has 26 heavy (non-hydrogen) atoms. The van der Waals surface area contributed by atoms with Crippen molar-refractivity contribution in [3.63, 3.8) is 0 Å². The van der Waals surface area contributed by atoms with Gasteiger partial charge < -0.3 is 9.80 Å². The van der Waals surface area contributed by atoms with E-state index < -0.39 is 0 Å². The number of nitrogens with one attached hydrogen (secondary N) is 1. The molecule has 1 aliphatic carbocycles. The average molecular weight is 356 g/mol. The van der Waals surface area contributed by atoms with E-state index in [0.29, 0.717) is 25.0 Å². The summed E-state index contributed by atoms with van der Waals surface area (Å²) in [6.07, 6.45) is 4.77. The lowest BCUT2D eigenvalue weighted by Crippen LogP contribution is -2.29. The van der Waals surface area contributed by atoms with E-state index in [9.17, 15) is 9.59 Å². The number of likely N-dealkylation sites (tertiary alicyclic amines) is 1. The van der Waals surface area contributed by atoms with Gasteiger partial charge >= 0.3 is 0 Å². The van der Waals surface area contributed by atoms with Crippen LogP contribution >= 0.6 is 0 Å². The van der Waals surface area contributed by atoms with Gasteiger partial charge in [0.15, 0.2) is 0 Å². The minimum Gasteiger partial charge on any atom is -0.348 e. The highest BCUT2D eigenvalue weighted by Gasteiger charge is 2.35. The molecule has 1 saturated carbocycles. The molecule has 1 saturated heterocycles. The van der Waals surface area contributed by atoms with Gasteiger partial charge in [-0.25, -0.2) is 4.98 Å². The van der Waals surface area contributed by atoms with E-state index in [1.165, 1.54) is 0 Å².